The van der Waals surface area contributed by atoms with Crippen LogP contribution in [-0.4, -0.2) is 16.1 Å². The summed E-state index contributed by atoms with van der Waals surface area (Å²) in [6.07, 6.45) is 0. The molecule has 20 heavy (non-hydrogen) atoms. The normalized spacial score (nSPS) is 10.4. The maximum absolute atomic E-state index is 13.0. The van der Waals surface area contributed by atoms with Crippen LogP contribution in [0, 0.1) is 5.82 Å². The summed E-state index contributed by atoms with van der Waals surface area (Å²) in [7, 11) is 0. The quantitative estimate of drug-likeness (QED) is 0.864. The molecule has 0 aliphatic heterocycles. The van der Waals surface area contributed by atoms with Crippen LogP contribution in [0.25, 0.3) is 0 Å². The van der Waals surface area contributed by atoms with E-state index < -0.39 is 11.7 Å². The first-order valence-corrected chi connectivity index (χ1v) is 6.54. The highest BCUT2D eigenvalue weighted by Gasteiger charge is 2.17. The molecule has 1 heterocycles. The molecule has 2 aromatic rings. The molecule has 1 N–H and O–H groups in total. The van der Waals surface area contributed by atoms with Crippen LogP contribution in [0.2, 0.25) is 20.4 Å². The molecule has 0 unspecified atom stereocenters. The van der Waals surface area contributed by atoms with Crippen molar-refractivity contribution >= 4 is 58.0 Å². The van der Waals surface area contributed by atoms with E-state index in [1.165, 1.54) is 6.07 Å². The van der Waals surface area contributed by atoms with Crippen LogP contribution >= 0.6 is 46.4 Å². The minimum absolute atomic E-state index is 0.00384. The number of carbonyl (C=O) groups is 1. The van der Waals surface area contributed by atoms with Gasteiger partial charge in [-0.1, -0.05) is 46.4 Å². The number of nitrogens with one attached hydrogen (secondary N) is 1. The van der Waals surface area contributed by atoms with Crippen molar-refractivity contribution in [2.75, 3.05) is 5.32 Å². The number of rotatable bonds is 2. The summed E-state index contributed by atoms with van der Waals surface area (Å²) in [6.45, 7) is 0. The number of benzene rings is 1. The monoisotopic (exact) mass is 353 g/mol. The molecule has 9 heteroatoms. The highest BCUT2D eigenvalue weighted by molar-refractivity contribution is 6.40. The fraction of sp³-hybridized carbons (Fsp3) is 0. The lowest BCUT2D eigenvalue weighted by atomic mass is 10.2. The number of amides is 1. The van der Waals surface area contributed by atoms with Crippen molar-refractivity contribution in [1.82, 2.24) is 10.2 Å². The van der Waals surface area contributed by atoms with E-state index in [2.05, 4.69) is 15.5 Å². The summed E-state index contributed by atoms with van der Waals surface area (Å²) in [5.74, 6) is -1.27. The minimum atomic E-state index is -0.651. The Labute approximate surface area is 132 Å². The summed E-state index contributed by atoms with van der Waals surface area (Å²) in [5.41, 5.74) is 0.0480. The molecule has 104 valence electrons. The van der Waals surface area contributed by atoms with Gasteiger partial charge >= 0.3 is 0 Å². The molecule has 0 bridgehead atoms. The molecular formula is C11H4Cl4FN3O. The van der Waals surface area contributed by atoms with E-state index in [0.29, 0.717) is 0 Å². The Morgan fingerprint density at radius 1 is 1.05 bits per heavy atom. The van der Waals surface area contributed by atoms with Crippen molar-refractivity contribution in [2.45, 2.75) is 0 Å². The van der Waals surface area contributed by atoms with Crippen molar-refractivity contribution in [1.29, 1.82) is 0 Å². The van der Waals surface area contributed by atoms with E-state index in [9.17, 15) is 9.18 Å². The van der Waals surface area contributed by atoms with Gasteiger partial charge in [-0.2, -0.15) is 0 Å². The Balaban J connectivity index is 2.35. The number of nitrogens with zero attached hydrogens (tertiary/aromatic N) is 2. The van der Waals surface area contributed by atoms with Gasteiger partial charge in [-0.05, 0) is 18.2 Å². The van der Waals surface area contributed by atoms with Gasteiger partial charge in [0.2, 0.25) is 0 Å². The predicted molar refractivity (Wildman–Crippen MR) is 76.4 cm³/mol. The first-order valence-electron chi connectivity index (χ1n) is 5.03. The number of carbonyl (C=O) groups excluding carboxylic acids is 1. The smallest absolute Gasteiger partial charge is 0.259 e. The number of halogens is 5. The van der Waals surface area contributed by atoms with E-state index in [1.807, 2.05) is 0 Å². The van der Waals surface area contributed by atoms with E-state index >= 15 is 0 Å². The SMILES string of the molecule is O=C(Nc1c(Cl)cc(F)cc1Cl)c1cc(Cl)nnc1Cl. The molecule has 2 rings (SSSR count). The Morgan fingerprint density at radius 3 is 2.25 bits per heavy atom. The van der Waals surface area contributed by atoms with E-state index in [1.54, 1.807) is 0 Å². The van der Waals surface area contributed by atoms with Crippen LogP contribution in [0.1, 0.15) is 10.4 Å². The standard InChI is InChI=1S/C11H4Cl4FN3O/c12-6-1-4(16)2-7(13)9(6)17-11(20)5-3-8(14)18-19-10(5)15/h1-3H,(H,17,20). The summed E-state index contributed by atoms with van der Waals surface area (Å²) in [5, 5.41) is 9.15. The van der Waals surface area contributed by atoms with E-state index in [4.69, 9.17) is 46.4 Å². The lowest BCUT2D eigenvalue weighted by molar-refractivity contribution is 0.102. The van der Waals surface area contributed by atoms with Gasteiger partial charge in [-0.25, -0.2) is 4.39 Å². The summed E-state index contributed by atoms with van der Waals surface area (Å²) < 4.78 is 13.0. The highest BCUT2D eigenvalue weighted by Crippen LogP contribution is 2.32. The zero-order chi connectivity index (χ0) is 14.9. The first kappa shape index (κ1) is 15.3. The molecule has 0 saturated carbocycles. The zero-order valence-electron chi connectivity index (χ0n) is 9.42. The first-order chi connectivity index (χ1) is 9.38. The minimum Gasteiger partial charge on any atom is -0.319 e. The molecule has 0 fully saturated rings. The topological polar surface area (TPSA) is 54.9 Å². The van der Waals surface area contributed by atoms with Crippen molar-refractivity contribution in [3.8, 4) is 0 Å². The Hall–Kier alpha value is -1.14. The van der Waals surface area contributed by atoms with Gasteiger partial charge in [0.1, 0.15) is 5.82 Å². The van der Waals surface area contributed by atoms with Crippen LogP contribution in [0.5, 0.6) is 0 Å². The number of hydrogen-bond acceptors (Lipinski definition) is 3. The maximum atomic E-state index is 13.0. The van der Waals surface area contributed by atoms with Crippen LogP contribution in [0.3, 0.4) is 0 Å². The van der Waals surface area contributed by atoms with Gasteiger partial charge in [-0.15, -0.1) is 10.2 Å². The van der Waals surface area contributed by atoms with Crippen molar-refractivity contribution in [3.05, 3.63) is 49.9 Å². The van der Waals surface area contributed by atoms with Crippen molar-refractivity contribution in [2.24, 2.45) is 0 Å². The van der Waals surface area contributed by atoms with Gasteiger partial charge in [-0.3, -0.25) is 4.79 Å². The third kappa shape index (κ3) is 3.30. The van der Waals surface area contributed by atoms with Crippen LogP contribution in [0.4, 0.5) is 10.1 Å². The summed E-state index contributed by atoms with van der Waals surface area (Å²) in [6, 6.07) is 3.27. The second kappa shape index (κ2) is 6.10. The fourth-order valence-corrected chi connectivity index (χ4v) is 2.23. The second-order valence-corrected chi connectivity index (χ2v) is 5.13. The third-order valence-corrected chi connectivity index (χ3v) is 3.27. The van der Waals surface area contributed by atoms with Gasteiger partial charge < -0.3 is 5.32 Å². The molecule has 0 aliphatic rings. The number of anilines is 1. The fourth-order valence-electron chi connectivity index (χ4n) is 1.35. The molecule has 0 radical (unpaired) electrons. The maximum Gasteiger partial charge on any atom is 0.259 e. The van der Waals surface area contributed by atoms with E-state index in [-0.39, 0.29) is 31.6 Å². The predicted octanol–water partition coefficient (Wildman–Crippen LogP) is 4.48. The van der Waals surface area contributed by atoms with Crippen LogP contribution in [-0.2, 0) is 0 Å². The lowest BCUT2D eigenvalue weighted by Crippen LogP contribution is -2.14. The van der Waals surface area contributed by atoms with Crippen molar-refractivity contribution < 1.29 is 9.18 Å². The number of aromatic nitrogens is 2. The molecule has 0 atom stereocenters. The molecule has 0 aliphatic carbocycles. The van der Waals surface area contributed by atoms with Gasteiger partial charge in [0.25, 0.3) is 5.91 Å². The van der Waals surface area contributed by atoms with Gasteiger partial charge in [0.05, 0.1) is 21.3 Å². The van der Waals surface area contributed by atoms with Crippen LogP contribution in [0.15, 0.2) is 18.2 Å². The second-order valence-electron chi connectivity index (χ2n) is 3.57. The van der Waals surface area contributed by atoms with Gasteiger partial charge in [0.15, 0.2) is 10.3 Å². The van der Waals surface area contributed by atoms with E-state index in [0.717, 1.165) is 12.1 Å². The van der Waals surface area contributed by atoms with Crippen LogP contribution < -0.4 is 5.32 Å². The molecule has 4 nitrogen and oxygen atoms in total. The Morgan fingerprint density at radius 2 is 1.65 bits per heavy atom. The average Bonchev–Trinajstić information content (AvgIpc) is 2.36. The molecule has 1 amide bonds. The zero-order valence-corrected chi connectivity index (χ0v) is 12.4. The largest absolute Gasteiger partial charge is 0.319 e. The highest BCUT2D eigenvalue weighted by atomic mass is 35.5. The Bertz CT molecular complexity index is 672. The summed E-state index contributed by atoms with van der Waals surface area (Å²) >= 11 is 23.0. The lowest BCUT2D eigenvalue weighted by Gasteiger charge is -2.10. The van der Waals surface area contributed by atoms with Crippen molar-refractivity contribution in [3.63, 3.8) is 0 Å². The molecule has 0 saturated heterocycles. The molecule has 1 aromatic carbocycles. The van der Waals surface area contributed by atoms with Gasteiger partial charge in [0, 0.05) is 0 Å². The summed E-state index contributed by atoms with van der Waals surface area (Å²) in [4.78, 5) is 12.0. The Kier molecular flexibility index (Phi) is 4.65. The average molecular weight is 355 g/mol. The molecule has 1 aromatic heterocycles. The number of hydrogen-bond donors (Lipinski definition) is 1. The third-order valence-electron chi connectivity index (χ3n) is 2.21. The molecule has 0 spiro atoms. The molecular weight excluding hydrogens is 351 g/mol.